The fourth-order valence-electron chi connectivity index (χ4n) is 5.82. The van der Waals surface area contributed by atoms with Gasteiger partial charge < -0.3 is 14.2 Å². The molecule has 0 amide bonds. The van der Waals surface area contributed by atoms with Gasteiger partial charge in [0.1, 0.15) is 13.2 Å². The molecule has 0 aromatic rings. The molecule has 0 N–H and O–H groups in total. The molecule has 318 valence electrons. The summed E-state index contributed by atoms with van der Waals surface area (Å²) in [5.74, 6) is -1.01. The minimum Gasteiger partial charge on any atom is -0.462 e. The Labute approximate surface area is 344 Å². The molecule has 56 heavy (non-hydrogen) atoms. The van der Waals surface area contributed by atoms with Crippen molar-refractivity contribution in [3.63, 3.8) is 0 Å². The molecule has 0 aliphatic heterocycles. The predicted molar refractivity (Wildman–Crippen MR) is 237 cm³/mol. The summed E-state index contributed by atoms with van der Waals surface area (Å²) in [6, 6.07) is 0. The highest BCUT2D eigenvalue weighted by Crippen LogP contribution is 2.13. The van der Waals surface area contributed by atoms with Crippen molar-refractivity contribution < 1.29 is 28.6 Å². The number of hydrogen-bond acceptors (Lipinski definition) is 6. The Morgan fingerprint density at radius 1 is 0.375 bits per heavy atom. The van der Waals surface area contributed by atoms with Crippen molar-refractivity contribution in [3.8, 4) is 0 Å². The summed E-state index contributed by atoms with van der Waals surface area (Å²) in [4.78, 5) is 37.6. The van der Waals surface area contributed by atoms with Crippen LogP contribution in [-0.2, 0) is 28.6 Å². The monoisotopic (exact) mass is 779 g/mol. The summed E-state index contributed by atoms with van der Waals surface area (Å²) in [5, 5.41) is 0. The van der Waals surface area contributed by atoms with Crippen LogP contribution < -0.4 is 0 Å². The molecular weight excluding hydrogens is 697 g/mol. The highest BCUT2D eigenvalue weighted by Gasteiger charge is 2.19. The van der Waals surface area contributed by atoms with Crippen LogP contribution in [0.25, 0.3) is 0 Å². The Morgan fingerprint density at radius 2 is 0.732 bits per heavy atom. The van der Waals surface area contributed by atoms with E-state index in [9.17, 15) is 14.4 Å². The summed E-state index contributed by atoms with van der Waals surface area (Å²) in [5.41, 5.74) is 0. The number of allylic oxidation sites excluding steroid dienone is 14. The summed E-state index contributed by atoms with van der Waals surface area (Å²) in [6.45, 7) is 6.28. The minimum absolute atomic E-state index is 0.109. The number of hydrogen-bond donors (Lipinski definition) is 0. The number of carbonyl (C=O) groups excluding carboxylic acids is 3. The topological polar surface area (TPSA) is 78.9 Å². The smallest absolute Gasteiger partial charge is 0.306 e. The second kappa shape index (κ2) is 44.3. The molecule has 0 saturated carbocycles. The van der Waals surface area contributed by atoms with Gasteiger partial charge >= 0.3 is 17.9 Å². The predicted octanol–water partition coefficient (Wildman–Crippen LogP) is 14.5. The first-order valence-electron chi connectivity index (χ1n) is 22.6. The van der Waals surface area contributed by atoms with Crippen molar-refractivity contribution in [3.05, 3.63) is 85.1 Å². The normalized spacial score (nSPS) is 12.8. The quantitative estimate of drug-likeness (QED) is 0.0268. The van der Waals surface area contributed by atoms with Gasteiger partial charge in [0.25, 0.3) is 0 Å². The highest BCUT2D eigenvalue weighted by atomic mass is 16.6. The first-order chi connectivity index (χ1) is 27.5. The summed E-state index contributed by atoms with van der Waals surface area (Å²) in [7, 11) is 0. The summed E-state index contributed by atoms with van der Waals surface area (Å²) < 4.78 is 16.6. The number of carbonyl (C=O) groups is 3. The first kappa shape index (κ1) is 52.6. The van der Waals surface area contributed by atoms with Crippen LogP contribution >= 0.6 is 0 Å². The van der Waals surface area contributed by atoms with Crippen LogP contribution in [0.15, 0.2) is 85.1 Å². The molecule has 0 saturated heterocycles. The van der Waals surface area contributed by atoms with Gasteiger partial charge in [0, 0.05) is 19.3 Å². The van der Waals surface area contributed by atoms with Crippen LogP contribution in [0, 0.1) is 0 Å². The third-order valence-electron chi connectivity index (χ3n) is 9.16. The lowest BCUT2D eigenvalue weighted by Gasteiger charge is -2.18. The fourth-order valence-corrected chi connectivity index (χ4v) is 5.82. The molecule has 1 atom stereocenters. The van der Waals surface area contributed by atoms with E-state index in [-0.39, 0.29) is 31.6 Å². The second-order valence-corrected chi connectivity index (χ2v) is 14.5. The van der Waals surface area contributed by atoms with Crippen LogP contribution in [0.4, 0.5) is 0 Å². The molecule has 1 unspecified atom stereocenters. The first-order valence-corrected chi connectivity index (χ1v) is 22.6. The molecule has 0 bridgehead atoms. The number of ether oxygens (including phenoxy) is 3. The molecular formula is C50H82O6. The minimum atomic E-state index is -0.814. The molecule has 0 aromatic heterocycles. The van der Waals surface area contributed by atoms with Crippen molar-refractivity contribution >= 4 is 17.9 Å². The lowest BCUT2D eigenvalue weighted by atomic mass is 10.1. The van der Waals surface area contributed by atoms with Gasteiger partial charge in [0.2, 0.25) is 0 Å². The van der Waals surface area contributed by atoms with Crippen LogP contribution in [0.2, 0.25) is 0 Å². The molecule has 0 spiro atoms. The van der Waals surface area contributed by atoms with E-state index >= 15 is 0 Å². The highest BCUT2D eigenvalue weighted by molar-refractivity contribution is 5.71. The van der Waals surface area contributed by atoms with Gasteiger partial charge in [-0.05, 0) is 77.0 Å². The third-order valence-corrected chi connectivity index (χ3v) is 9.16. The Bertz CT molecular complexity index is 1120. The molecule has 0 rings (SSSR count). The molecule has 6 nitrogen and oxygen atoms in total. The van der Waals surface area contributed by atoms with E-state index in [0.29, 0.717) is 19.3 Å². The van der Waals surface area contributed by atoms with Crippen LogP contribution in [-0.4, -0.2) is 37.2 Å². The molecule has 0 heterocycles. The van der Waals surface area contributed by atoms with E-state index in [2.05, 4.69) is 93.7 Å². The molecule has 0 aliphatic rings. The maximum atomic E-state index is 12.7. The summed E-state index contributed by atoms with van der Waals surface area (Å²) >= 11 is 0. The molecule has 6 heteroatoms. The van der Waals surface area contributed by atoms with E-state index in [1.165, 1.54) is 57.8 Å². The van der Waals surface area contributed by atoms with E-state index in [1.54, 1.807) is 0 Å². The largest absolute Gasteiger partial charge is 0.462 e. The molecule has 0 aromatic carbocycles. The van der Waals surface area contributed by atoms with E-state index in [0.717, 1.165) is 89.9 Å². The number of unbranched alkanes of at least 4 members (excludes halogenated alkanes) is 14. The zero-order valence-electron chi connectivity index (χ0n) is 36.1. The Balaban J connectivity index is 4.43. The Hall–Kier alpha value is -3.41. The van der Waals surface area contributed by atoms with Crippen molar-refractivity contribution in [2.24, 2.45) is 0 Å². The third kappa shape index (κ3) is 41.7. The van der Waals surface area contributed by atoms with Crippen molar-refractivity contribution in [2.75, 3.05) is 13.2 Å². The molecule has 0 radical (unpaired) electrons. The van der Waals surface area contributed by atoms with Gasteiger partial charge in [-0.1, -0.05) is 183 Å². The average Bonchev–Trinajstić information content (AvgIpc) is 3.19. The van der Waals surface area contributed by atoms with Crippen LogP contribution in [0.3, 0.4) is 0 Å². The molecule has 0 aliphatic carbocycles. The standard InChI is InChI=1S/C50H82O6/c1-4-7-10-13-16-19-21-23-24-25-26-28-29-31-34-37-40-43-49(52)55-46-47(45-54-48(51)42-39-36-33-18-15-12-9-6-3)56-50(53)44-41-38-35-32-30-27-22-20-17-14-11-8-5-2/h7-8,10-11,16-17,19-20,23-24,27,30,35,38,47H,4-6,9,12-15,18,21-22,25-26,28-29,31-34,36-37,39-46H2,1-3H3/b10-7-,11-8-,19-16-,20-17-,24-23-,30-27-,38-35-. The van der Waals surface area contributed by atoms with Crippen LogP contribution in [0.1, 0.15) is 194 Å². The van der Waals surface area contributed by atoms with Gasteiger partial charge in [-0.3, -0.25) is 14.4 Å². The maximum Gasteiger partial charge on any atom is 0.306 e. The maximum absolute atomic E-state index is 12.7. The van der Waals surface area contributed by atoms with Gasteiger partial charge in [0.05, 0.1) is 0 Å². The van der Waals surface area contributed by atoms with E-state index in [4.69, 9.17) is 14.2 Å². The Morgan fingerprint density at radius 3 is 1.16 bits per heavy atom. The lowest BCUT2D eigenvalue weighted by molar-refractivity contribution is -0.166. The lowest BCUT2D eigenvalue weighted by Crippen LogP contribution is -2.30. The second-order valence-electron chi connectivity index (χ2n) is 14.5. The molecule has 0 fully saturated rings. The van der Waals surface area contributed by atoms with Crippen molar-refractivity contribution in [1.82, 2.24) is 0 Å². The number of rotatable bonds is 39. The Kier molecular flexibility index (Phi) is 41.6. The van der Waals surface area contributed by atoms with Gasteiger partial charge in [0.15, 0.2) is 6.10 Å². The SMILES string of the molecule is CC/C=C\C/C=C\C/C=C\C/C=C\CCC(=O)OC(COC(=O)CCCCCCCCCC)COC(=O)CCCCCCCCC/C=C\C/C=C\C/C=C\CC. The average molecular weight is 779 g/mol. The van der Waals surface area contributed by atoms with Crippen molar-refractivity contribution in [1.29, 1.82) is 0 Å². The number of esters is 3. The zero-order chi connectivity index (χ0) is 40.8. The van der Waals surface area contributed by atoms with E-state index < -0.39 is 12.1 Å². The zero-order valence-corrected chi connectivity index (χ0v) is 36.1. The summed E-state index contributed by atoms with van der Waals surface area (Å²) in [6.07, 6.45) is 55.9. The van der Waals surface area contributed by atoms with Gasteiger partial charge in [-0.15, -0.1) is 0 Å². The van der Waals surface area contributed by atoms with Crippen LogP contribution in [0.5, 0.6) is 0 Å². The fraction of sp³-hybridized carbons (Fsp3) is 0.660. The van der Waals surface area contributed by atoms with Crippen molar-refractivity contribution in [2.45, 2.75) is 200 Å². The van der Waals surface area contributed by atoms with Gasteiger partial charge in [-0.2, -0.15) is 0 Å². The van der Waals surface area contributed by atoms with E-state index in [1.807, 2.05) is 12.2 Å². The van der Waals surface area contributed by atoms with Gasteiger partial charge in [-0.25, -0.2) is 0 Å².